The quantitative estimate of drug-likeness (QED) is 0.450. The van der Waals surface area contributed by atoms with Crippen molar-refractivity contribution in [2.45, 2.75) is 38.5 Å². The summed E-state index contributed by atoms with van der Waals surface area (Å²) in [6.07, 6.45) is 1.19. The van der Waals surface area contributed by atoms with E-state index in [1.807, 2.05) is 49.4 Å². The Morgan fingerprint density at radius 2 is 1.80 bits per heavy atom. The third kappa shape index (κ3) is 3.83. The van der Waals surface area contributed by atoms with Gasteiger partial charge in [0.2, 0.25) is 0 Å². The molecule has 2 aliphatic rings. The first-order valence-electron chi connectivity index (χ1n) is 10.2. The van der Waals surface area contributed by atoms with Crippen LogP contribution in [0.5, 0.6) is 0 Å². The van der Waals surface area contributed by atoms with Crippen LogP contribution in [0.1, 0.15) is 49.7 Å². The molecule has 4 rings (SSSR count). The highest BCUT2D eigenvalue weighted by Gasteiger charge is 2.41. The number of benzene rings is 2. The molecule has 0 amide bonds. The summed E-state index contributed by atoms with van der Waals surface area (Å²) in [4.78, 5) is 26.4. The third-order valence-electron chi connectivity index (χ3n) is 5.81. The van der Waals surface area contributed by atoms with Gasteiger partial charge in [-0.3, -0.25) is 4.79 Å². The second-order valence-corrected chi connectivity index (χ2v) is 8.83. The topological polar surface area (TPSA) is 55.4 Å². The van der Waals surface area contributed by atoms with Crippen LogP contribution in [-0.2, 0) is 14.3 Å². The Hall–Kier alpha value is -2.41. The van der Waals surface area contributed by atoms with Crippen LogP contribution in [0.2, 0.25) is 0 Å². The maximum absolute atomic E-state index is 13.5. The van der Waals surface area contributed by atoms with Crippen LogP contribution < -0.4 is 5.32 Å². The number of Topliss-reactive ketones (excluding diaryl/α,β-unsaturated/α-hetero) is 1. The molecule has 0 spiro atoms. The lowest BCUT2D eigenvalue weighted by Gasteiger charge is -2.37. The Bertz CT molecular complexity index is 1060. The second-order valence-electron chi connectivity index (χ2n) is 7.67. The Kier molecular flexibility index (Phi) is 6.09. The molecule has 0 saturated heterocycles. The highest BCUT2D eigenvalue weighted by Crippen LogP contribution is 2.46. The number of nitrogens with one attached hydrogen (secondary N) is 1. The zero-order chi connectivity index (χ0) is 21.3. The number of rotatable bonds is 4. The van der Waals surface area contributed by atoms with Gasteiger partial charge in [-0.2, -0.15) is 0 Å². The minimum absolute atomic E-state index is 0.0940. The first kappa shape index (κ1) is 20.8. The molecule has 4 nitrogen and oxygen atoms in total. The number of hydrogen-bond donors (Lipinski definition) is 1. The fourth-order valence-electron chi connectivity index (χ4n) is 4.50. The van der Waals surface area contributed by atoms with Gasteiger partial charge in [0.1, 0.15) is 0 Å². The molecule has 0 fully saturated rings. The van der Waals surface area contributed by atoms with Crippen molar-refractivity contribution in [2.24, 2.45) is 0 Å². The van der Waals surface area contributed by atoms with Gasteiger partial charge in [-0.05, 0) is 66.0 Å². The summed E-state index contributed by atoms with van der Waals surface area (Å²) >= 11 is 2.28. The second kappa shape index (κ2) is 8.76. The lowest BCUT2D eigenvalue weighted by Crippen LogP contribution is -2.36. The summed E-state index contributed by atoms with van der Waals surface area (Å²) in [5, 5.41) is 3.39. The number of hydrogen-bond acceptors (Lipinski definition) is 4. The van der Waals surface area contributed by atoms with E-state index < -0.39 is 5.92 Å². The molecule has 2 atom stereocenters. The lowest BCUT2D eigenvalue weighted by atomic mass is 9.72. The summed E-state index contributed by atoms with van der Waals surface area (Å²) < 4.78 is 6.40. The average molecular weight is 513 g/mol. The van der Waals surface area contributed by atoms with Gasteiger partial charge in [0.25, 0.3) is 0 Å². The molecule has 0 saturated carbocycles. The number of carbonyl (C=O) groups excluding carboxylic acids is 2. The van der Waals surface area contributed by atoms with Gasteiger partial charge in [0.05, 0.1) is 12.2 Å². The minimum atomic E-state index is -0.405. The zero-order valence-electron chi connectivity index (χ0n) is 17.1. The lowest BCUT2D eigenvalue weighted by molar-refractivity contribution is -0.138. The van der Waals surface area contributed by atoms with E-state index in [2.05, 4.69) is 40.0 Å². The number of esters is 1. The molecule has 0 bridgehead atoms. The molecule has 154 valence electrons. The predicted molar refractivity (Wildman–Crippen MR) is 125 cm³/mol. The van der Waals surface area contributed by atoms with Gasteiger partial charge < -0.3 is 10.1 Å². The van der Waals surface area contributed by atoms with Crippen molar-refractivity contribution in [3.05, 3.63) is 91.8 Å². The number of ether oxygens (including phenoxy) is 1. The normalized spacial score (nSPS) is 21.2. The first-order chi connectivity index (χ1) is 14.5. The van der Waals surface area contributed by atoms with Crippen molar-refractivity contribution in [2.75, 3.05) is 6.61 Å². The largest absolute Gasteiger partial charge is 0.463 e. The van der Waals surface area contributed by atoms with Crippen LogP contribution in [0.3, 0.4) is 0 Å². The van der Waals surface area contributed by atoms with Gasteiger partial charge in [0.15, 0.2) is 5.78 Å². The summed E-state index contributed by atoms with van der Waals surface area (Å²) in [5.74, 6) is -0.539. The van der Waals surface area contributed by atoms with Crippen LogP contribution in [0, 0.1) is 3.57 Å². The van der Waals surface area contributed by atoms with Crippen molar-refractivity contribution >= 4 is 34.3 Å². The van der Waals surface area contributed by atoms with Crippen LogP contribution in [-0.4, -0.2) is 18.4 Å². The Labute approximate surface area is 190 Å². The van der Waals surface area contributed by atoms with Crippen molar-refractivity contribution in [1.82, 2.24) is 5.32 Å². The minimum Gasteiger partial charge on any atom is -0.463 e. The molecule has 5 heteroatoms. The monoisotopic (exact) mass is 513 g/mol. The Morgan fingerprint density at radius 3 is 2.50 bits per heavy atom. The summed E-state index contributed by atoms with van der Waals surface area (Å²) in [5.41, 5.74) is 5.07. The van der Waals surface area contributed by atoms with E-state index >= 15 is 0 Å². The smallest absolute Gasteiger partial charge is 0.336 e. The van der Waals surface area contributed by atoms with Gasteiger partial charge in [-0.1, -0.05) is 48.5 Å². The number of ketones is 1. The van der Waals surface area contributed by atoms with Gasteiger partial charge in [-0.25, -0.2) is 4.79 Å². The summed E-state index contributed by atoms with van der Waals surface area (Å²) in [7, 11) is 0. The van der Waals surface area contributed by atoms with E-state index in [0.717, 1.165) is 26.9 Å². The van der Waals surface area contributed by atoms with E-state index in [1.54, 1.807) is 6.92 Å². The van der Waals surface area contributed by atoms with Crippen molar-refractivity contribution < 1.29 is 14.3 Å². The summed E-state index contributed by atoms with van der Waals surface area (Å²) in [6, 6.07) is 18.1. The van der Waals surface area contributed by atoms with E-state index in [4.69, 9.17) is 4.74 Å². The van der Waals surface area contributed by atoms with Gasteiger partial charge >= 0.3 is 5.97 Å². The highest BCUT2D eigenvalue weighted by atomic mass is 127. The zero-order valence-corrected chi connectivity index (χ0v) is 19.2. The summed E-state index contributed by atoms with van der Waals surface area (Å²) in [6.45, 7) is 3.99. The maximum atomic E-state index is 13.5. The van der Waals surface area contributed by atoms with E-state index in [-0.39, 0.29) is 17.7 Å². The fourth-order valence-corrected chi connectivity index (χ4v) is 5.20. The van der Waals surface area contributed by atoms with Crippen LogP contribution in [0.25, 0.3) is 0 Å². The Morgan fingerprint density at radius 1 is 1.10 bits per heavy atom. The van der Waals surface area contributed by atoms with Crippen LogP contribution in [0.4, 0.5) is 0 Å². The highest BCUT2D eigenvalue weighted by molar-refractivity contribution is 14.1. The van der Waals surface area contributed by atoms with E-state index in [0.29, 0.717) is 24.2 Å². The first-order valence-corrected chi connectivity index (χ1v) is 11.3. The molecule has 0 aromatic heterocycles. The van der Waals surface area contributed by atoms with Crippen LogP contribution >= 0.6 is 22.6 Å². The number of allylic oxidation sites excluding steroid dienone is 3. The molecule has 0 radical (unpaired) electrons. The SMILES string of the molecule is CCOC(=O)C1=C(C)NC2=C(C(=O)C[C@@H](c3ccccc3)C2)[C@H]1c1ccccc1I. The number of carbonyl (C=O) groups is 2. The molecule has 2 aromatic carbocycles. The number of dihydropyridines is 1. The van der Waals surface area contributed by atoms with Gasteiger partial charge in [0, 0.05) is 32.9 Å². The van der Waals surface area contributed by atoms with Crippen molar-refractivity contribution in [3.8, 4) is 0 Å². The molecule has 0 unspecified atom stereocenters. The number of halogens is 1. The van der Waals surface area contributed by atoms with E-state index in [1.165, 1.54) is 5.56 Å². The molecule has 1 aliphatic heterocycles. The molecule has 1 N–H and O–H groups in total. The van der Waals surface area contributed by atoms with Crippen LogP contribution in [0.15, 0.2) is 77.1 Å². The standard InChI is InChI=1S/C25H24INO3/c1-3-30-25(29)22-15(2)27-20-13-17(16-9-5-4-6-10-16)14-21(28)24(20)23(22)18-11-7-8-12-19(18)26/h4-12,17,23,27H,3,13-14H2,1-2H3/t17-,23-/m0/s1. The van der Waals surface area contributed by atoms with Crippen molar-refractivity contribution in [1.29, 1.82) is 0 Å². The average Bonchev–Trinajstić information content (AvgIpc) is 2.74. The molecule has 1 aliphatic carbocycles. The Balaban J connectivity index is 1.82. The third-order valence-corrected chi connectivity index (χ3v) is 6.79. The molecular formula is C25H24INO3. The van der Waals surface area contributed by atoms with Crippen molar-refractivity contribution in [3.63, 3.8) is 0 Å². The molecule has 2 aromatic rings. The molecule has 1 heterocycles. The molecular weight excluding hydrogens is 489 g/mol. The predicted octanol–water partition coefficient (Wildman–Crippen LogP) is 5.22. The molecule has 30 heavy (non-hydrogen) atoms. The van der Waals surface area contributed by atoms with E-state index in [9.17, 15) is 9.59 Å². The maximum Gasteiger partial charge on any atom is 0.336 e. The van der Waals surface area contributed by atoms with Gasteiger partial charge in [-0.15, -0.1) is 0 Å². The fraction of sp³-hybridized carbons (Fsp3) is 0.280.